The zero-order valence-electron chi connectivity index (χ0n) is 41.5. The number of rotatable bonds is 8. The van der Waals surface area contributed by atoms with E-state index >= 15 is 0 Å². The van der Waals surface area contributed by atoms with Crippen LogP contribution in [0.2, 0.25) is 0 Å². The Balaban J connectivity index is 0.914. The molecule has 16 aromatic rings. The Kier molecular flexibility index (Phi) is 10.4. The van der Waals surface area contributed by atoms with E-state index in [0.29, 0.717) is 0 Å². The van der Waals surface area contributed by atoms with Crippen molar-refractivity contribution in [1.82, 2.24) is 0 Å². The molecule has 0 saturated carbocycles. The Morgan fingerprint density at radius 3 is 0.922 bits per heavy atom. The van der Waals surface area contributed by atoms with E-state index < -0.39 is 13.3 Å². The van der Waals surface area contributed by atoms with Gasteiger partial charge in [-0.25, -0.2) is 0 Å². The number of hydrogen-bond acceptors (Lipinski definition) is 4. The number of para-hydroxylation sites is 2. The van der Waals surface area contributed by atoms with Crippen LogP contribution in [0.4, 0.5) is 0 Å². The van der Waals surface area contributed by atoms with Crippen LogP contribution in [0.15, 0.2) is 271 Å². The Bertz CT molecular complexity index is 4330. The summed E-state index contributed by atoms with van der Waals surface area (Å²) < 4.78 is 20.1. The van der Waals surface area contributed by atoms with E-state index in [1.807, 2.05) is 34.0 Å². The van der Waals surface area contributed by atoms with Gasteiger partial charge in [-0.1, -0.05) is 0 Å². The summed E-state index contributed by atoms with van der Waals surface area (Å²) in [5, 5.41) is 10.2. The third-order valence-corrected chi connectivity index (χ3v) is 29.9. The SMILES string of the molecule is c1ccc2c(c1)oc1c(-c3cc[c]([Ge]([c]4ccc(-c5cccc6c5sc5ccccc56)cc4)([c]4ccc(-c5cccc6c5sc5ccccc56)cc4)[c]4ccc(-c5cccc6c5sc5ccccc56)cc4)cc3)cccc12. The van der Waals surface area contributed by atoms with E-state index in [1.165, 1.54) is 111 Å². The van der Waals surface area contributed by atoms with Crippen molar-refractivity contribution in [2.24, 2.45) is 0 Å². The molecule has 0 unspecified atom stereocenters. The third kappa shape index (κ3) is 7.03. The normalized spacial score (nSPS) is 12.2. The van der Waals surface area contributed by atoms with Gasteiger partial charge in [0.05, 0.1) is 0 Å². The molecular weight excluding hydrogens is 1050 g/mol. The van der Waals surface area contributed by atoms with Crippen LogP contribution < -0.4 is 17.6 Å². The monoisotopic (exact) mass is 1090 g/mol. The summed E-state index contributed by atoms with van der Waals surface area (Å²) in [6.45, 7) is 0. The molecule has 77 heavy (non-hydrogen) atoms. The summed E-state index contributed by atoms with van der Waals surface area (Å²) >= 11 is 1.71. The Morgan fingerprint density at radius 2 is 0.532 bits per heavy atom. The minimum absolute atomic E-state index is 0.909. The van der Waals surface area contributed by atoms with Crippen molar-refractivity contribution in [2.75, 3.05) is 0 Å². The van der Waals surface area contributed by atoms with Gasteiger partial charge in [-0.05, 0) is 0 Å². The molecule has 16 rings (SSSR count). The molecule has 0 amide bonds. The van der Waals surface area contributed by atoms with E-state index in [2.05, 4.69) is 267 Å². The summed E-state index contributed by atoms with van der Waals surface area (Å²) in [7, 11) is 0. The Hall–Kier alpha value is -8.36. The molecule has 1 nitrogen and oxygen atoms in total. The molecule has 0 bridgehead atoms. The first kappa shape index (κ1) is 44.9. The molecule has 0 saturated heterocycles. The van der Waals surface area contributed by atoms with Crippen molar-refractivity contribution < 1.29 is 4.42 Å². The predicted molar refractivity (Wildman–Crippen MR) is 338 cm³/mol. The zero-order valence-corrected chi connectivity index (χ0v) is 46.1. The number of fused-ring (bicyclic) bond motifs is 12. The zero-order chi connectivity index (χ0) is 50.6. The topological polar surface area (TPSA) is 13.1 Å². The molecule has 5 heteroatoms. The van der Waals surface area contributed by atoms with Gasteiger partial charge in [0.1, 0.15) is 0 Å². The summed E-state index contributed by atoms with van der Waals surface area (Å²) in [6, 6.07) is 101. The van der Waals surface area contributed by atoms with E-state index in [1.54, 1.807) is 0 Å². The van der Waals surface area contributed by atoms with E-state index in [9.17, 15) is 0 Å². The molecular formula is C72H44GeOS3. The molecule has 0 aliphatic carbocycles. The van der Waals surface area contributed by atoms with Gasteiger partial charge < -0.3 is 0 Å². The van der Waals surface area contributed by atoms with Crippen LogP contribution in [0, 0.1) is 0 Å². The predicted octanol–water partition coefficient (Wildman–Crippen LogP) is 18.7. The average Bonchev–Trinajstić information content (AvgIpc) is 4.30. The number of benzene rings is 12. The second-order valence-corrected chi connectivity index (χ2v) is 31.3. The second-order valence-electron chi connectivity index (χ2n) is 20.2. The van der Waals surface area contributed by atoms with Crippen LogP contribution in [-0.2, 0) is 0 Å². The summed E-state index contributed by atoms with van der Waals surface area (Å²) in [5.74, 6) is 0. The fourth-order valence-corrected chi connectivity index (χ4v) is 26.0. The Labute approximate surface area is 459 Å². The van der Waals surface area contributed by atoms with E-state index in [-0.39, 0.29) is 0 Å². The molecule has 0 radical (unpaired) electrons. The molecule has 0 atom stereocenters. The molecule has 0 N–H and O–H groups in total. The van der Waals surface area contributed by atoms with Crippen molar-refractivity contribution in [3.63, 3.8) is 0 Å². The second kappa shape index (κ2) is 17.9. The van der Waals surface area contributed by atoms with Gasteiger partial charge in [0.2, 0.25) is 0 Å². The number of furan rings is 1. The fraction of sp³-hybridized carbons (Fsp3) is 0. The first-order valence-electron chi connectivity index (χ1n) is 26.2. The quantitative estimate of drug-likeness (QED) is 0.138. The molecule has 0 spiro atoms. The van der Waals surface area contributed by atoms with Gasteiger partial charge in [-0.15, -0.1) is 0 Å². The van der Waals surface area contributed by atoms with Crippen molar-refractivity contribution >= 4 is 147 Å². The summed E-state index contributed by atoms with van der Waals surface area (Å²) in [6.07, 6.45) is 0. The summed E-state index contributed by atoms with van der Waals surface area (Å²) in [5.41, 5.74) is 11.6. The fourth-order valence-electron chi connectivity index (χ4n) is 12.5. The molecule has 0 aliphatic heterocycles. The average molecular weight is 1090 g/mol. The molecule has 0 aliphatic rings. The van der Waals surface area contributed by atoms with E-state index in [4.69, 9.17) is 4.42 Å². The van der Waals surface area contributed by atoms with E-state index in [0.717, 1.165) is 33.1 Å². The molecule has 4 aromatic heterocycles. The van der Waals surface area contributed by atoms with Gasteiger partial charge in [-0.3, -0.25) is 0 Å². The maximum absolute atomic E-state index is 6.63. The van der Waals surface area contributed by atoms with Gasteiger partial charge in [0, 0.05) is 0 Å². The van der Waals surface area contributed by atoms with Gasteiger partial charge in [0.25, 0.3) is 0 Å². The van der Waals surface area contributed by atoms with Crippen LogP contribution >= 0.6 is 34.0 Å². The van der Waals surface area contributed by atoms with Crippen LogP contribution in [0.1, 0.15) is 0 Å². The molecule has 12 aromatic carbocycles. The summed E-state index contributed by atoms with van der Waals surface area (Å²) in [4.78, 5) is 0. The first-order valence-corrected chi connectivity index (χ1v) is 32.8. The Morgan fingerprint density at radius 1 is 0.234 bits per heavy atom. The van der Waals surface area contributed by atoms with Crippen LogP contribution in [-0.4, -0.2) is 13.3 Å². The number of thiophene rings is 3. The molecule has 0 fully saturated rings. The van der Waals surface area contributed by atoms with Crippen LogP contribution in [0.5, 0.6) is 0 Å². The van der Waals surface area contributed by atoms with Crippen LogP contribution in [0.25, 0.3) is 127 Å². The molecule has 360 valence electrons. The third-order valence-electron chi connectivity index (χ3n) is 16.1. The van der Waals surface area contributed by atoms with Gasteiger partial charge in [-0.2, -0.15) is 0 Å². The van der Waals surface area contributed by atoms with Crippen molar-refractivity contribution in [3.05, 3.63) is 267 Å². The van der Waals surface area contributed by atoms with Crippen molar-refractivity contribution in [2.45, 2.75) is 0 Å². The molecule has 4 heterocycles. The number of hydrogen-bond donors (Lipinski definition) is 0. The first-order chi connectivity index (χ1) is 38.2. The van der Waals surface area contributed by atoms with Crippen molar-refractivity contribution in [3.8, 4) is 44.5 Å². The van der Waals surface area contributed by atoms with Gasteiger partial charge in [0.15, 0.2) is 0 Å². The minimum atomic E-state index is -3.97. The standard InChI is InChI=1S/C72H44GeOS3/c1-5-25-65-57(13-1)61-21-9-17-53(69(61)74-65)45-29-37-49(38-30-45)73(50-39-31-46(32-40-50)54-18-10-22-62-58-14-2-6-26-66(58)75-70(54)62,51-41-33-47(34-42-51)55-19-11-23-63-59-15-3-7-27-67(59)76-71(55)63)52-43-35-48(36-44-52)56-20-12-24-64-60-16-4-8-28-68(60)77-72(56)64/h1-44H. The van der Waals surface area contributed by atoms with Crippen LogP contribution in [0.3, 0.4) is 0 Å². The maximum atomic E-state index is 6.63. The van der Waals surface area contributed by atoms with Gasteiger partial charge >= 0.3 is 463 Å². The van der Waals surface area contributed by atoms with Crippen molar-refractivity contribution in [1.29, 1.82) is 0 Å².